The Labute approximate surface area is 126 Å². The minimum absolute atomic E-state index is 0.0266. The predicted octanol–water partition coefficient (Wildman–Crippen LogP) is 3.02. The molecule has 1 aromatic carbocycles. The normalized spacial score (nSPS) is 14.9. The molecule has 0 aromatic heterocycles. The largest absolute Gasteiger partial charge is 0.347 e. The molecule has 4 heteroatoms. The lowest BCUT2D eigenvalue weighted by atomic mass is 10.0. The Morgan fingerprint density at radius 1 is 1.19 bits per heavy atom. The summed E-state index contributed by atoms with van der Waals surface area (Å²) < 4.78 is 0. The molecule has 2 rings (SSSR count). The van der Waals surface area contributed by atoms with E-state index < -0.39 is 0 Å². The van der Waals surface area contributed by atoms with Gasteiger partial charge in [0.1, 0.15) is 0 Å². The topological polar surface area (TPSA) is 58.2 Å². The molecule has 0 radical (unpaired) electrons. The minimum atomic E-state index is -0.185. The molecule has 2 amide bonds. The van der Waals surface area contributed by atoms with Gasteiger partial charge in [0.2, 0.25) is 11.8 Å². The fourth-order valence-electron chi connectivity index (χ4n) is 2.83. The molecule has 0 bridgehead atoms. The van der Waals surface area contributed by atoms with E-state index in [9.17, 15) is 9.59 Å². The molecule has 1 fully saturated rings. The second-order valence-electron chi connectivity index (χ2n) is 5.88. The van der Waals surface area contributed by atoms with Gasteiger partial charge >= 0.3 is 0 Å². The Hall–Kier alpha value is -1.84. The van der Waals surface area contributed by atoms with E-state index in [0.29, 0.717) is 12.3 Å². The van der Waals surface area contributed by atoms with Crippen LogP contribution >= 0.6 is 0 Å². The molecular formula is C17H24N2O2. The lowest BCUT2D eigenvalue weighted by molar-refractivity contribution is -0.124. The van der Waals surface area contributed by atoms with E-state index in [4.69, 9.17) is 0 Å². The van der Waals surface area contributed by atoms with Gasteiger partial charge in [-0.05, 0) is 37.0 Å². The maximum atomic E-state index is 11.8. The van der Waals surface area contributed by atoms with Gasteiger partial charge in [-0.25, -0.2) is 0 Å². The Morgan fingerprint density at radius 2 is 1.95 bits per heavy atom. The zero-order valence-corrected chi connectivity index (χ0v) is 12.7. The number of rotatable bonds is 6. The third-order valence-electron chi connectivity index (χ3n) is 4.00. The molecule has 114 valence electrons. The van der Waals surface area contributed by atoms with Gasteiger partial charge in [0.15, 0.2) is 0 Å². The summed E-state index contributed by atoms with van der Waals surface area (Å²) in [5.74, 6) is 0.493. The van der Waals surface area contributed by atoms with Gasteiger partial charge < -0.3 is 10.6 Å². The van der Waals surface area contributed by atoms with E-state index in [1.165, 1.54) is 25.7 Å². The van der Waals surface area contributed by atoms with Crippen LogP contribution in [0.5, 0.6) is 0 Å². The first-order valence-corrected chi connectivity index (χ1v) is 7.77. The lowest BCUT2D eigenvalue weighted by Gasteiger charge is -2.09. The summed E-state index contributed by atoms with van der Waals surface area (Å²) in [7, 11) is 0. The van der Waals surface area contributed by atoms with E-state index in [1.54, 1.807) is 0 Å². The molecule has 1 aliphatic rings. The first kappa shape index (κ1) is 15.5. The summed E-state index contributed by atoms with van der Waals surface area (Å²) in [6.07, 6.45) is 6.58. The standard InChI is InChI=1S/C17H24N2O2/c1-13-5-4-8-15(11-13)19-17(21)12-18-16(20)10-9-14-6-2-3-7-14/h4-5,8,11,14H,2-3,6-7,9-10,12H2,1H3,(H,18,20)(H,19,21). The highest BCUT2D eigenvalue weighted by molar-refractivity contribution is 5.94. The number of amides is 2. The predicted molar refractivity (Wildman–Crippen MR) is 84.0 cm³/mol. The van der Waals surface area contributed by atoms with Gasteiger partial charge in [0.05, 0.1) is 6.54 Å². The van der Waals surface area contributed by atoms with E-state index in [2.05, 4.69) is 10.6 Å². The summed E-state index contributed by atoms with van der Waals surface area (Å²) in [5, 5.41) is 5.47. The van der Waals surface area contributed by atoms with Crippen LogP contribution in [0.25, 0.3) is 0 Å². The first-order valence-electron chi connectivity index (χ1n) is 7.77. The molecule has 2 N–H and O–H groups in total. The van der Waals surface area contributed by atoms with Crippen LogP contribution in [0.3, 0.4) is 0 Å². The fourth-order valence-corrected chi connectivity index (χ4v) is 2.83. The number of carbonyl (C=O) groups excluding carboxylic acids is 2. The van der Waals surface area contributed by atoms with Crippen LogP contribution in [0.2, 0.25) is 0 Å². The number of nitrogens with one attached hydrogen (secondary N) is 2. The number of benzene rings is 1. The summed E-state index contributed by atoms with van der Waals surface area (Å²) in [5.41, 5.74) is 1.86. The number of carbonyl (C=O) groups is 2. The Morgan fingerprint density at radius 3 is 2.67 bits per heavy atom. The summed E-state index contributed by atoms with van der Waals surface area (Å²) >= 11 is 0. The van der Waals surface area contributed by atoms with Gasteiger partial charge in [0, 0.05) is 12.1 Å². The SMILES string of the molecule is Cc1cccc(NC(=O)CNC(=O)CCC2CCCC2)c1. The van der Waals surface area contributed by atoms with Crippen molar-refractivity contribution in [2.24, 2.45) is 5.92 Å². The molecule has 0 atom stereocenters. The molecule has 4 nitrogen and oxygen atoms in total. The molecule has 1 aromatic rings. The number of aryl methyl sites for hydroxylation is 1. The van der Waals surface area contributed by atoms with Crippen molar-refractivity contribution in [3.05, 3.63) is 29.8 Å². The molecule has 1 aliphatic carbocycles. The third kappa shape index (κ3) is 5.58. The average molecular weight is 288 g/mol. The molecule has 0 saturated heterocycles. The maximum Gasteiger partial charge on any atom is 0.243 e. The van der Waals surface area contributed by atoms with E-state index in [0.717, 1.165) is 17.7 Å². The zero-order chi connectivity index (χ0) is 15.1. The van der Waals surface area contributed by atoms with Crippen LogP contribution < -0.4 is 10.6 Å². The van der Waals surface area contributed by atoms with Crippen molar-refractivity contribution in [3.8, 4) is 0 Å². The number of anilines is 1. The Bertz CT molecular complexity index is 493. The van der Waals surface area contributed by atoms with Crippen LogP contribution in [0.4, 0.5) is 5.69 Å². The number of hydrogen-bond donors (Lipinski definition) is 2. The molecule has 1 saturated carbocycles. The van der Waals surface area contributed by atoms with Gasteiger partial charge in [-0.15, -0.1) is 0 Å². The highest BCUT2D eigenvalue weighted by Gasteiger charge is 2.16. The Balaban J connectivity index is 1.64. The summed E-state index contributed by atoms with van der Waals surface area (Å²) in [6, 6.07) is 7.61. The second-order valence-corrected chi connectivity index (χ2v) is 5.88. The van der Waals surface area contributed by atoms with Crippen molar-refractivity contribution in [3.63, 3.8) is 0 Å². The van der Waals surface area contributed by atoms with Crippen molar-refractivity contribution in [1.82, 2.24) is 5.32 Å². The summed E-state index contributed by atoms with van der Waals surface area (Å²) in [4.78, 5) is 23.5. The highest BCUT2D eigenvalue weighted by atomic mass is 16.2. The molecule has 0 heterocycles. The van der Waals surface area contributed by atoms with Crippen molar-refractivity contribution >= 4 is 17.5 Å². The van der Waals surface area contributed by atoms with E-state index >= 15 is 0 Å². The molecule has 0 spiro atoms. The molecule has 21 heavy (non-hydrogen) atoms. The van der Waals surface area contributed by atoms with Gasteiger partial charge in [0.25, 0.3) is 0 Å². The Kier molecular flexibility index (Phi) is 5.78. The van der Waals surface area contributed by atoms with Crippen LogP contribution in [0.15, 0.2) is 24.3 Å². The minimum Gasteiger partial charge on any atom is -0.347 e. The van der Waals surface area contributed by atoms with Gasteiger partial charge in [-0.3, -0.25) is 9.59 Å². The molecule has 0 unspecified atom stereocenters. The van der Waals surface area contributed by atoms with Crippen molar-refractivity contribution < 1.29 is 9.59 Å². The van der Waals surface area contributed by atoms with Crippen molar-refractivity contribution in [2.45, 2.75) is 45.4 Å². The summed E-state index contributed by atoms with van der Waals surface area (Å²) in [6.45, 7) is 2.01. The highest BCUT2D eigenvalue weighted by Crippen LogP contribution is 2.28. The van der Waals surface area contributed by atoms with Gasteiger partial charge in [-0.2, -0.15) is 0 Å². The fraction of sp³-hybridized carbons (Fsp3) is 0.529. The van der Waals surface area contributed by atoms with E-state index in [1.807, 2.05) is 31.2 Å². The molecular weight excluding hydrogens is 264 g/mol. The smallest absolute Gasteiger partial charge is 0.243 e. The van der Waals surface area contributed by atoms with Crippen LogP contribution in [0.1, 0.15) is 44.1 Å². The van der Waals surface area contributed by atoms with Crippen LogP contribution in [-0.2, 0) is 9.59 Å². The quantitative estimate of drug-likeness (QED) is 0.845. The second kappa shape index (κ2) is 7.81. The monoisotopic (exact) mass is 288 g/mol. The third-order valence-corrected chi connectivity index (χ3v) is 4.00. The molecule has 0 aliphatic heterocycles. The van der Waals surface area contributed by atoms with Crippen molar-refractivity contribution in [1.29, 1.82) is 0 Å². The zero-order valence-electron chi connectivity index (χ0n) is 12.7. The first-order chi connectivity index (χ1) is 10.1. The average Bonchev–Trinajstić information content (AvgIpc) is 2.96. The van der Waals surface area contributed by atoms with Gasteiger partial charge in [-0.1, -0.05) is 37.8 Å². The van der Waals surface area contributed by atoms with Crippen LogP contribution in [0, 0.1) is 12.8 Å². The lowest BCUT2D eigenvalue weighted by Crippen LogP contribution is -2.32. The maximum absolute atomic E-state index is 11.8. The van der Waals surface area contributed by atoms with E-state index in [-0.39, 0.29) is 18.4 Å². The number of hydrogen-bond acceptors (Lipinski definition) is 2. The van der Waals surface area contributed by atoms with Crippen molar-refractivity contribution in [2.75, 3.05) is 11.9 Å². The van der Waals surface area contributed by atoms with Crippen LogP contribution in [-0.4, -0.2) is 18.4 Å².